The van der Waals surface area contributed by atoms with Gasteiger partial charge in [-0.05, 0) is 44.2 Å². The van der Waals surface area contributed by atoms with E-state index in [9.17, 15) is 0 Å². The first-order valence-corrected chi connectivity index (χ1v) is 7.88. The van der Waals surface area contributed by atoms with E-state index in [2.05, 4.69) is 48.3 Å². The van der Waals surface area contributed by atoms with Gasteiger partial charge in [0.2, 0.25) is 0 Å². The van der Waals surface area contributed by atoms with Crippen molar-refractivity contribution in [2.24, 2.45) is 0 Å². The Morgan fingerprint density at radius 3 is 2.89 bits per heavy atom. The van der Waals surface area contributed by atoms with Gasteiger partial charge in [0, 0.05) is 36.8 Å². The van der Waals surface area contributed by atoms with Gasteiger partial charge in [-0.25, -0.2) is 0 Å². The van der Waals surface area contributed by atoms with E-state index in [0.717, 1.165) is 18.6 Å². The van der Waals surface area contributed by atoms with E-state index in [4.69, 9.17) is 0 Å². The summed E-state index contributed by atoms with van der Waals surface area (Å²) in [5, 5.41) is 3.54. The summed E-state index contributed by atoms with van der Waals surface area (Å²) in [4.78, 5) is 2.77. The summed E-state index contributed by atoms with van der Waals surface area (Å²) in [6.45, 7) is 7.12. The van der Waals surface area contributed by atoms with Crippen LogP contribution in [0.4, 0.5) is 5.69 Å². The second-order valence-corrected chi connectivity index (χ2v) is 6.18. The van der Waals surface area contributed by atoms with Crippen LogP contribution >= 0.6 is 0 Å². The van der Waals surface area contributed by atoms with Crippen LogP contribution in [0.15, 0.2) is 24.3 Å². The molecule has 2 heteroatoms. The third-order valence-electron chi connectivity index (χ3n) is 5.06. The second kappa shape index (κ2) is 5.54. The molecule has 1 saturated heterocycles. The van der Waals surface area contributed by atoms with Crippen LogP contribution in [0.2, 0.25) is 0 Å². The van der Waals surface area contributed by atoms with E-state index in [0.29, 0.717) is 5.92 Å². The van der Waals surface area contributed by atoms with Crippen LogP contribution < -0.4 is 5.32 Å². The predicted molar refractivity (Wildman–Crippen MR) is 81.8 cm³/mol. The van der Waals surface area contributed by atoms with Crippen LogP contribution in [0, 0.1) is 0 Å². The zero-order valence-electron chi connectivity index (χ0n) is 12.2. The Morgan fingerprint density at radius 2 is 2.05 bits per heavy atom. The van der Waals surface area contributed by atoms with Gasteiger partial charge < -0.3 is 5.32 Å². The normalized spacial score (nSPS) is 30.9. The molecule has 104 valence electrons. The van der Waals surface area contributed by atoms with Crippen molar-refractivity contribution in [1.29, 1.82) is 0 Å². The lowest BCUT2D eigenvalue weighted by atomic mass is 9.90. The summed E-state index contributed by atoms with van der Waals surface area (Å²) in [7, 11) is 0. The van der Waals surface area contributed by atoms with Crippen molar-refractivity contribution in [3.63, 3.8) is 0 Å². The van der Waals surface area contributed by atoms with E-state index < -0.39 is 0 Å². The minimum absolute atomic E-state index is 0.715. The number of likely N-dealkylation sites (tertiary alicyclic amines) is 1. The van der Waals surface area contributed by atoms with E-state index in [1.54, 1.807) is 0 Å². The third kappa shape index (κ3) is 2.51. The van der Waals surface area contributed by atoms with Crippen LogP contribution in [-0.4, -0.2) is 30.1 Å². The van der Waals surface area contributed by atoms with Gasteiger partial charge in [0.1, 0.15) is 0 Å². The summed E-state index contributed by atoms with van der Waals surface area (Å²) >= 11 is 0. The molecule has 0 aliphatic carbocycles. The molecule has 2 heterocycles. The minimum atomic E-state index is 0.715. The van der Waals surface area contributed by atoms with E-state index in [1.807, 2.05) is 0 Å². The molecule has 0 aromatic heterocycles. The lowest BCUT2D eigenvalue weighted by molar-refractivity contribution is 0.183. The molecule has 0 bridgehead atoms. The molecule has 19 heavy (non-hydrogen) atoms. The fraction of sp³-hybridized carbons (Fsp3) is 0.647. The van der Waals surface area contributed by atoms with Crippen molar-refractivity contribution in [2.75, 3.05) is 18.4 Å². The van der Waals surface area contributed by atoms with Gasteiger partial charge in [0.15, 0.2) is 0 Å². The first-order valence-electron chi connectivity index (χ1n) is 7.88. The number of nitrogens with one attached hydrogen (secondary N) is 1. The van der Waals surface area contributed by atoms with Crippen LogP contribution in [0.1, 0.15) is 51.0 Å². The molecule has 2 aliphatic rings. The quantitative estimate of drug-likeness (QED) is 0.886. The fourth-order valence-corrected chi connectivity index (χ4v) is 3.89. The highest BCUT2D eigenvalue weighted by molar-refractivity contribution is 5.54. The number of nitrogens with zero attached hydrogens (tertiary/aromatic N) is 1. The lowest BCUT2D eigenvalue weighted by Gasteiger charge is -2.35. The first-order chi connectivity index (χ1) is 9.29. The molecule has 1 aromatic rings. The van der Waals surface area contributed by atoms with Crippen molar-refractivity contribution in [3.05, 3.63) is 29.8 Å². The Labute approximate surface area is 117 Å². The standard InChI is InChI=1S/C17H26N2/c1-3-15-9-8-13(2)19(15)12-14-10-11-18-17-7-5-4-6-16(14)17/h4-7,13-15,18H,3,8-12H2,1-2H3. The highest BCUT2D eigenvalue weighted by Gasteiger charge is 2.32. The lowest BCUT2D eigenvalue weighted by Crippen LogP contribution is -2.38. The van der Waals surface area contributed by atoms with Gasteiger partial charge in [-0.1, -0.05) is 25.1 Å². The number of hydrogen-bond donors (Lipinski definition) is 1. The zero-order valence-corrected chi connectivity index (χ0v) is 12.2. The Bertz CT molecular complexity index is 429. The number of para-hydroxylation sites is 1. The molecule has 3 atom stereocenters. The Kier molecular flexibility index (Phi) is 3.79. The van der Waals surface area contributed by atoms with E-state index >= 15 is 0 Å². The molecule has 0 radical (unpaired) electrons. The van der Waals surface area contributed by atoms with Gasteiger partial charge >= 0.3 is 0 Å². The number of hydrogen-bond acceptors (Lipinski definition) is 2. The fourth-order valence-electron chi connectivity index (χ4n) is 3.89. The van der Waals surface area contributed by atoms with Crippen LogP contribution in [0.5, 0.6) is 0 Å². The molecule has 1 N–H and O–H groups in total. The summed E-state index contributed by atoms with van der Waals surface area (Å²) in [5.74, 6) is 0.715. The van der Waals surface area contributed by atoms with E-state index in [-0.39, 0.29) is 0 Å². The van der Waals surface area contributed by atoms with Crippen molar-refractivity contribution >= 4 is 5.69 Å². The Balaban J connectivity index is 1.77. The molecule has 0 amide bonds. The molecule has 1 aromatic carbocycles. The molecule has 0 saturated carbocycles. The second-order valence-electron chi connectivity index (χ2n) is 6.18. The average molecular weight is 258 g/mol. The smallest absolute Gasteiger partial charge is 0.0376 e. The molecule has 2 aliphatic heterocycles. The minimum Gasteiger partial charge on any atom is -0.385 e. The SMILES string of the molecule is CCC1CCC(C)N1CC1CCNc2ccccc21. The topological polar surface area (TPSA) is 15.3 Å². The van der Waals surface area contributed by atoms with Gasteiger partial charge in [0.25, 0.3) is 0 Å². The number of rotatable bonds is 3. The molecule has 3 rings (SSSR count). The van der Waals surface area contributed by atoms with Gasteiger partial charge in [-0.3, -0.25) is 4.90 Å². The summed E-state index contributed by atoms with van der Waals surface area (Å²) < 4.78 is 0. The van der Waals surface area contributed by atoms with Crippen molar-refractivity contribution in [2.45, 2.75) is 57.5 Å². The molecular formula is C17H26N2. The average Bonchev–Trinajstić information content (AvgIpc) is 2.80. The Morgan fingerprint density at radius 1 is 1.21 bits per heavy atom. The predicted octanol–water partition coefficient (Wildman–Crippen LogP) is 3.85. The van der Waals surface area contributed by atoms with E-state index in [1.165, 1.54) is 43.5 Å². The highest BCUT2D eigenvalue weighted by atomic mass is 15.2. The molecule has 2 nitrogen and oxygen atoms in total. The van der Waals surface area contributed by atoms with Crippen LogP contribution in [-0.2, 0) is 0 Å². The summed E-state index contributed by atoms with van der Waals surface area (Å²) in [6.07, 6.45) is 5.35. The molecule has 0 spiro atoms. The maximum absolute atomic E-state index is 3.54. The van der Waals surface area contributed by atoms with Gasteiger partial charge in [-0.2, -0.15) is 0 Å². The largest absolute Gasteiger partial charge is 0.385 e. The Hall–Kier alpha value is -1.02. The van der Waals surface area contributed by atoms with Crippen LogP contribution in [0.3, 0.4) is 0 Å². The maximum Gasteiger partial charge on any atom is 0.0376 e. The molecule has 3 unspecified atom stereocenters. The summed E-state index contributed by atoms with van der Waals surface area (Å²) in [5.41, 5.74) is 2.89. The van der Waals surface area contributed by atoms with Crippen LogP contribution in [0.25, 0.3) is 0 Å². The number of fused-ring (bicyclic) bond motifs is 1. The maximum atomic E-state index is 3.54. The van der Waals surface area contributed by atoms with Gasteiger partial charge in [0.05, 0.1) is 0 Å². The van der Waals surface area contributed by atoms with Crippen molar-refractivity contribution in [3.8, 4) is 0 Å². The highest BCUT2D eigenvalue weighted by Crippen LogP contribution is 2.35. The van der Waals surface area contributed by atoms with Crippen molar-refractivity contribution in [1.82, 2.24) is 4.90 Å². The number of anilines is 1. The first kappa shape index (κ1) is 13.0. The monoisotopic (exact) mass is 258 g/mol. The number of benzene rings is 1. The molecule has 1 fully saturated rings. The zero-order chi connectivity index (χ0) is 13.2. The third-order valence-corrected chi connectivity index (χ3v) is 5.06. The molecular weight excluding hydrogens is 232 g/mol. The van der Waals surface area contributed by atoms with Gasteiger partial charge in [-0.15, -0.1) is 0 Å². The summed E-state index contributed by atoms with van der Waals surface area (Å²) in [6, 6.07) is 10.5. The van der Waals surface area contributed by atoms with Crippen molar-refractivity contribution < 1.29 is 0 Å².